The minimum Gasteiger partial charge on any atom is -0.347 e. The molecule has 3 heterocycles. The van der Waals surface area contributed by atoms with Crippen LogP contribution in [0.1, 0.15) is 53.3 Å². The summed E-state index contributed by atoms with van der Waals surface area (Å²) in [6, 6.07) is 7.16. The molecule has 1 aromatic carbocycles. The maximum absolute atomic E-state index is 12.9. The molecule has 3 fully saturated rings. The maximum atomic E-state index is 12.9. The minimum absolute atomic E-state index is 0.0236. The van der Waals surface area contributed by atoms with Crippen molar-refractivity contribution in [2.45, 2.75) is 38.4 Å². The summed E-state index contributed by atoms with van der Waals surface area (Å²) in [6.45, 7) is 6.27. The Hall–Kier alpha value is -1.92. The Morgan fingerprint density at radius 2 is 1.63 bits per heavy atom. The van der Waals surface area contributed by atoms with Gasteiger partial charge in [0, 0.05) is 50.1 Å². The van der Waals surface area contributed by atoms with E-state index in [-0.39, 0.29) is 11.8 Å². The third-order valence-corrected chi connectivity index (χ3v) is 5.93. The molecule has 4 rings (SSSR count). The Kier molecular flexibility index (Phi) is 5.19. The Morgan fingerprint density at radius 1 is 1.00 bits per heavy atom. The van der Waals surface area contributed by atoms with Crippen molar-refractivity contribution in [3.8, 4) is 0 Å². The summed E-state index contributed by atoms with van der Waals surface area (Å²) in [5.41, 5.74) is 1.18. The zero-order chi connectivity index (χ0) is 18.9. The molecule has 1 spiro atoms. The highest BCUT2D eigenvalue weighted by Gasteiger charge is 2.40. The van der Waals surface area contributed by atoms with Crippen LogP contribution < -0.4 is 0 Å². The van der Waals surface area contributed by atoms with Gasteiger partial charge in [-0.15, -0.1) is 0 Å². The van der Waals surface area contributed by atoms with Gasteiger partial charge in [0.25, 0.3) is 11.8 Å². The third kappa shape index (κ3) is 3.87. The number of rotatable bonds is 2. The lowest BCUT2D eigenvalue weighted by atomic mass is 9.99. The molecule has 1 atom stereocenters. The van der Waals surface area contributed by atoms with Gasteiger partial charge in [-0.2, -0.15) is 0 Å². The first-order valence-corrected chi connectivity index (χ1v) is 10.0. The predicted octanol–water partition coefficient (Wildman–Crippen LogP) is 2.54. The fourth-order valence-electron chi connectivity index (χ4n) is 4.36. The van der Waals surface area contributed by atoms with Crippen LogP contribution in [0, 0.1) is 5.92 Å². The van der Waals surface area contributed by atoms with Crippen LogP contribution >= 0.6 is 0 Å². The molecular formula is C21H28N2O4. The topological polar surface area (TPSA) is 59.1 Å². The molecule has 0 aliphatic carbocycles. The van der Waals surface area contributed by atoms with Crippen LogP contribution in [0.15, 0.2) is 24.3 Å². The fraction of sp³-hybridized carbons (Fsp3) is 0.619. The van der Waals surface area contributed by atoms with Crippen LogP contribution in [0.2, 0.25) is 0 Å². The summed E-state index contributed by atoms with van der Waals surface area (Å²) >= 11 is 0. The van der Waals surface area contributed by atoms with Gasteiger partial charge in [0.15, 0.2) is 5.79 Å². The van der Waals surface area contributed by atoms with Gasteiger partial charge in [-0.25, -0.2) is 0 Å². The maximum Gasteiger partial charge on any atom is 0.253 e. The predicted molar refractivity (Wildman–Crippen MR) is 101 cm³/mol. The van der Waals surface area contributed by atoms with E-state index in [0.717, 1.165) is 19.5 Å². The van der Waals surface area contributed by atoms with Crippen LogP contribution in [0.25, 0.3) is 0 Å². The van der Waals surface area contributed by atoms with Crippen molar-refractivity contribution in [1.29, 1.82) is 0 Å². The average molecular weight is 372 g/mol. The van der Waals surface area contributed by atoms with Crippen molar-refractivity contribution in [2.24, 2.45) is 5.92 Å². The number of hydrogen-bond acceptors (Lipinski definition) is 4. The molecule has 27 heavy (non-hydrogen) atoms. The monoisotopic (exact) mass is 372 g/mol. The van der Waals surface area contributed by atoms with Crippen LogP contribution in [-0.2, 0) is 9.47 Å². The molecule has 0 bridgehead atoms. The number of ether oxygens (including phenoxy) is 2. The number of carbonyl (C=O) groups is 2. The van der Waals surface area contributed by atoms with E-state index < -0.39 is 5.79 Å². The van der Waals surface area contributed by atoms with Crippen LogP contribution in [0.4, 0.5) is 0 Å². The molecule has 2 amide bonds. The molecule has 146 valence electrons. The van der Waals surface area contributed by atoms with Gasteiger partial charge in [0.1, 0.15) is 0 Å². The molecule has 3 aliphatic rings. The first kappa shape index (κ1) is 18.4. The number of likely N-dealkylation sites (tertiary alicyclic amines) is 2. The van der Waals surface area contributed by atoms with E-state index in [4.69, 9.17) is 9.47 Å². The zero-order valence-corrected chi connectivity index (χ0v) is 16.0. The van der Waals surface area contributed by atoms with Gasteiger partial charge in [0.2, 0.25) is 0 Å². The van der Waals surface area contributed by atoms with Gasteiger partial charge in [-0.3, -0.25) is 9.59 Å². The van der Waals surface area contributed by atoms with E-state index in [9.17, 15) is 9.59 Å². The average Bonchev–Trinajstić information content (AvgIpc) is 3.15. The number of benzene rings is 1. The van der Waals surface area contributed by atoms with Gasteiger partial charge in [0.05, 0.1) is 13.2 Å². The molecule has 3 saturated heterocycles. The lowest BCUT2D eigenvalue weighted by molar-refractivity contribution is -0.181. The molecule has 0 aromatic heterocycles. The SMILES string of the molecule is CC1CCCN(C(=O)c2cccc(C(=O)N3CCC4(CC3)OCCO4)c2)C1. The molecule has 3 aliphatic heterocycles. The lowest BCUT2D eigenvalue weighted by Gasteiger charge is -2.37. The summed E-state index contributed by atoms with van der Waals surface area (Å²) in [5, 5.41) is 0. The third-order valence-electron chi connectivity index (χ3n) is 5.93. The second-order valence-electron chi connectivity index (χ2n) is 7.98. The number of hydrogen-bond donors (Lipinski definition) is 0. The van der Waals surface area contributed by atoms with E-state index in [2.05, 4.69) is 6.92 Å². The van der Waals surface area contributed by atoms with Crippen molar-refractivity contribution in [2.75, 3.05) is 39.4 Å². The van der Waals surface area contributed by atoms with E-state index in [1.165, 1.54) is 6.42 Å². The summed E-state index contributed by atoms with van der Waals surface area (Å²) in [7, 11) is 0. The molecule has 6 heteroatoms. The number of nitrogens with zero attached hydrogens (tertiary/aromatic N) is 2. The minimum atomic E-state index is -0.487. The van der Waals surface area contributed by atoms with Crippen molar-refractivity contribution in [3.05, 3.63) is 35.4 Å². The van der Waals surface area contributed by atoms with Gasteiger partial charge in [-0.1, -0.05) is 13.0 Å². The Morgan fingerprint density at radius 3 is 2.26 bits per heavy atom. The Bertz CT molecular complexity index is 704. The zero-order valence-electron chi connectivity index (χ0n) is 16.0. The van der Waals surface area contributed by atoms with Gasteiger partial charge >= 0.3 is 0 Å². The first-order valence-electron chi connectivity index (χ1n) is 10.0. The second-order valence-corrected chi connectivity index (χ2v) is 7.98. The second kappa shape index (κ2) is 7.60. The number of amides is 2. The van der Waals surface area contributed by atoms with E-state index in [1.807, 2.05) is 21.9 Å². The highest BCUT2D eigenvalue weighted by molar-refractivity contribution is 5.99. The molecule has 0 N–H and O–H groups in total. The molecule has 6 nitrogen and oxygen atoms in total. The summed E-state index contributed by atoms with van der Waals surface area (Å²) in [6.07, 6.45) is 3.61. The van der Waals surface area contributed by atoms with Crippen LogP contribution in [0.3, 0.4) is 0 Å². The summed E-state index contributed by atoms with van der Waals surface area (Å²) in [4.78, 5) is 29.5. The largest absolute Gasteiger partial charge is 0.347 e. The van der Waals surface area contributed by atoms with E-state index >= 15 is 0 Å². The molecular weight excluding hydrogens is 344 g/mol. The molecule has 1 aromatic rings. The van der Waals surface area contributed by atoms with Crippen molar-refractivity contribution in [1.82, 2.24) is 9.80 Å². The number of piperidine rings is 2. The quantitative estimate of drug-likeness (QED) is 0.801. The van der Waals surface area contributed by atoms with Gasteiger partial charge in [-0.05, 0) is 37.0 Å². The standard InChI is InChI=1S/C21H28N2O4/c1-16-4-3-9-23(15-16)20(25)18-6-2-5-17(14-18)19(24)22-10-7-21(8-11-22)26-12-13-27-21/h2,5-6,14,16H,3-4,7-13,15H2,1H3. The summed E-state index contributed by atoms with van der Waals surface area (Å²) in [5.74, 6) is 0.0544. The Balaban J connectivity index is 1.42. The number of carbonyl (C=O) groups excluding carboxylic acids is 2. The normalized spacial score (nSPS) is 25.0. The smallest absolute Gasteiger partial charge is 0.253 e. The van der Waals surface area contributed by atoms with Crippen molar-refractivity contribution >= 4 is 11.8 Å². The van der Waals surface area contributed by atoms with E-state index in [1.54, 1.807) is 12.1 Å². The Labute approximate surface area is 160 Å². The molecule has 0 radical (unpaired) electrons. The van der Waals surface area contributed by atoms with Crippen molar-refractivity contribution < 1.29 is 19.1 Å². The lowest BCUT2D eigenvalue weighted by Crippen LogP contribution is -2.47. The summed E-state index contributed by atoms with van der Waals surface area (Å²) < 4.78 is 11.5. The van der Waals surface area contributed by atoms with E-state index in [0.29, 0.717) is 56.2 Å². The molecule has 0 saturated carbocycles. The highest BCUT2D eigenvalue weighted by atomic mass is 16.7. The molecule has 1 unspecified atom stereocenters. The van der Waals surface area contributed by atoms with Crippen LogP contribution in [0.5, 0.6) is 0 Å². The fourth-order valence-corrected chi connectivity index (χ4v) is 4.36. The van der Waals surface area contributed by atoms with Crippen LogP contribution in [-0.4, -0.2) is 66.8 Å². The van der Waals surface area contributed by atoms with Crippen molar-refractivity contribution in [3.63, 3.8) is 0 Å². The van der Waals surface area contributed by atoms with Gasteiger partial charge < -0.3 is 19.3 Å². The first-order chi connectivity index (χ1) is 13.1. The highest BCUT2D eigenvalue weighted by Crippen LogP contribution is 2.31.